The molecule has 5 nitrogen and oxygen atoms in total. The third kappa shape index (κ3) is 3.30. The predicted molar refractivity (Wildman–Crippen MR) is 120 cm³/mol. The number of halogens is 2. The van der Waals surface area contributed by atoms with Crippen molar-refractivity contribution in [2.45, 2.75) is 19.1 Å². The molecular weight excluding hydrogens is 435 g/mol. The maximum absolute atomic E-state index is 13.5. The van der Waals surface area contributed by atoms with E-state index in [0.717, 1.165) is 21.7 Å². The van der Waals surface area contributed by atoms with Gasteiger partial charge in [-0.15, -0.1) is 0 Å². The molecule has 0 bridgehead atoms. The van der Waals surface area contributed by atoms with Gasteiger partial charge in [-0.1, -0.05) is 71.2 Å². The highest BCUT2D eigenvalue weighted by Gasteiger charge is 2.60. The number of hydrogen-bond acceptors (Lipinski definition) is 4. The number of amides is 2. The van der Waals surface area contributed by atoms with Crippen molar-refractivity contribution in [3.8, 4) is 0 Å². The van der Waals surface area contributed by atoms with E-state index in [9.17, 15) is 9.59 Å². The summed E-state index contributed by atoms with van der Waals surface area (Å²) < 4.78 is 0. The highest BCUT2D eigenvalue weighted by molar-refractivity contribution is 6.42. The zero-order valence-electron chi connectivity index (χ0n) is 16.5. The molecule has 2 saturated heterocycles. The molecule has 3 atom stereocenters. The van der Waals surface area contributed by atoms with Gasteiger partial charge < -0.3 is 0 Å². The number of aryl methyl sites for hydroxylation is 1. The van der Waals surface area contributed by atoms with Crippen molar-refractivity contribution >= 4 is 46.4 Å². The summed E-state index contributed by atoms with van der Waals surface area (Å²) in [5, 5.41) is 2.31. The number of hydroxylamine groups is 1. The van der Waals surface area contributed by atoms with E-state index < -0.39 is 24.0 Å². The van der Waals surface area contributed by atoms with Crippen LogP contribution in [0.4, 0.5) is 11.4 Å². The van der Waals surface area contributed by atoms with Gasteiger partial charge in [0.15, 0.2) is 6.10 Å². The summed E-state index contributed by atoms with van der Waals surface area (Å²) in [5.41, 5.74) is 3.18. The van der Waals surface area contributed by atoms with Crippen LogP contribution < -0.4 is 9.96 Å². The molecule has 2 fully saturated rings. The fourth-order valence-corrected chi connectivity index (χ4v) is 4.49. The molecule has 3 aromatic rings. The second-order valence-electron chi connectivity index (χ2n) is 7.68. The van der Waals surface area contributed by atoms with Crippen LogP contribution in [0.5, 0.6) is 0 Å². The third-order valence-electron chi connectivity index (χ3n) is 5.71. The molecule has 31 heavy (non-hydrogen) atoms. The summed E-state index contributed by atoms with van der Waals surface area (Å²) in [6, 6.07) is 21.7. The molecule has 3 aromatic carbocycles. The minimum Gasteiger partial charge on any atom is -0.273 e. The predicted octanol–water partition coefficient (Wildman–Crippen LogP) is 5.35. The second kappa shape index (κ2) is 7.68. The van der Waals surface area contributed by atoms with Crippen LogP contribution in [0, 0.1) is 12.8 Å². The molecule has 0 aromatic heterocycles. The zero-order chi connectivity index (χ0) is 21.7. The first kappa shape index (κ1) is 20.1. The van der Waals surface area contributed by atoms with E-state index >= 15 is 0 Å². The molecule has 7 heteroatoms. The lowest BCUT2D eigenvalue weighted by Gasteiger charge is -2.28. The molecule has 2 aliphatic rings. The Balaban J connectivity index is 1.58. The van der Waals surface area contributed by atoms with Crippen LogP contribution in [-0.2, 0) is 14.4 Å². The van der Waals surface area contributed by atoms with E-state index in [0.29, 0.717) is 10.7 Å². The van der Waals surface area contributed by atoms with Crippen LogP contribution in [0.3, 0.4) is 0 Å². The monoisotopic (exact) mass is 452 g/mol. The quantitative estimate of drug-likeness (QED) is 0.502. The number of rotatable bonds is 3. The summed E-state index contributed by atoms with van der Waals surface area (Å²) in [4.78, 5) is 34.1. The Kier molecular flexibility index (Phi) is 4.97. The first-order chi connectivity index (χ1) is 15.0. The van der Waals surface area contributed by atoms with E-state index in [1.165, 1.54) is 6.07 Å². The van der Waals surface area contributed by atoms with Crippen LogP contribution >= 0.6 is 23.2 Å². The fourth-order valence-electron chi connectivity index (χ4n) is 4.19. The Hall–Kier alpha value is -2.86. The number of carbonyl (C=O) groups is 2. The summed E-state index contributed by atoms with van der Waals surface area (Å²) in [5.74, 6) is -1.42. The molecule has 0 saturated carbocycles. The smallest absolute Gasteiger partial charge is 0.266 e. The zero-order valence-corrected chi connectivity index (χ0v) is 18.0. The lowest BCUT2D eigenvalue weighted by Crippen LogP contribution is -2.37. The number of fused-ring (bicyclic) bond motifs is 1. The number of carbonyl (C=O) groups excluding carboxylic acids is 2. The number of para-hydroxylation sites is 1. The Morgan fingerprint density at radius 1 is 0.806 bits per heavy atom. The number of nitrogens with zero attached hydrogens (tertiary/aromatic N) is 2. The molecule has 2 amide bonds. The van der Waals surface area contributed by atoms with Gasteiger partial charge in [-0.2, -0.15) is 0 Å². The molecule has 156 valence electrons. The van der Waals surface area contributed by atoms with E-state index in [1.807, 2.05) is 61.5 Å². The summed E-state index contributed by atoms with van der Waals surface area (Å²) >= 11 is 12.1. The average Bonchev–Trinajstić information content (AvgIpc) is 3.28. The maximum Gasteiger partial charge on any atom is 0.266 e. The fraction of sp³-hybridized carbons (Fsp3) is 0.167. The van der Waals surface area contributed by atoms with Crippen molar-refractivity contribution in [3.63, 3.8) is 0 Å². The van der Waals surface area contributed by atoms with Gasteiger partial charge in [-0.3, -0.25) is 14.4 Å². The molecule has 0 aliphatic carbocycles. The van der Waals surface area contributed by atoms with Crippen molar-refractivity contribution in [1.29, 1.82) is 0 Å². The third-order valence-corrected chi connectivity index (χ3v) is 6.45. The summed E-state index contributed by atoms with van der Waals surface area (Å²) in [7, 11) is 0. The molecule has 2 aliphatic heterocycles. The van der Waals surface area contributed by atoms with Crippen LogP contribution in [-0.4, -0.2) is 17.9 Å². The van der Waals surface area contributed by atoms with Gasteiger partial charge in [-0.05, 0) is 42.8 Å². The van der Waals surface area contributed by atoms with Gasteiger partial charge in [0.2, 0.25) is 5.91 Å². The van der Waals surface area contributed by atoms with Gasteiger partial charge >= 0.3 is 0 Å². The molecule has 2 heterocycles. The largest absolute Gasteiger partial charge is 0.273 e. The number of imide groups is 1. The molecule has 0 N–H and O–H groups in total. The van der Waals surface area contributed by atoms with Crippen molar-refractivity contribution < 1.29 is 14.4 Å². The molecule has 0 radical (unpaired) electrons. The minimum atomic E-state index is -0.923. The summed E-state index contributed by atoms with van der Waals surface area (Å²) in [6.07, 6.45) is -0.923. The maximum atomic E-state index is 13.5. The first-order valence-electron chi connectivity index (χ1n) is 9.86. The van der Waals surface area contributed by atoms with Gasteiger partial charge in [-0.25, -0.2) is 9.96 Å². The van der Waals surface area contributed by atoms with Gasteiger partial charge in [0.1, 0.15) is 5.92 Å². The Morgan fingerprint density at radius 3 is 2.19 bits per heavy atom. The Morgan fingerprint density at radius 2 is 1.52 bits per heavy atom. The number of benzene rings is 3. The van der Waals surface area contributed by atoms with E-state index in [4.69, 9.17) is 28.0 Å². The Bertz CT molecular complexity index is 1170. The van der Waals surface area contributed by atoms with Crippen LogP contribution in [0.25, 0.3) is 0 Å². The van der Waals surface area contributed by atoms with Gasteiger partial charge in [0, 0.05) is 0 Å². The number of anilines is 2. The topological polar surface area (TPSA) is 49.9 Å². The molecule has 5 rings (SSSR count). The van der Waals surface area contributed by atoms with Gasteiger partial charge in [0.25, 0.3) is 5.91 Å². The van der Waals surface area contributed by atoms with E-state index in [2.05, 4.69) is 0 Å². The standard InChI is InChI=1S/C24H18Cl2N2O3/c1-14-7-9-15(10-8-14)21-20-22(31-28(21)16-5-3-2-4-6-16)24(30)27(23(20)29)17-11-12-18(25)19(26)13-17/h2-13,20-22H,1H3/t20-,21-,22-/m1/s1. The molecular formula is C24H18Cl2N2O3. The SMILES string of the molecule is Cc1ccc([C@@H]2[C@H]3C(=O)N(c4ccc(Cl)c(Cl)c4)C(=O)[C@@H]3ON2c2ccccc2)cc1. The highest BCUT2D eigenvalue weighted by Crippen LogP contribution is 2.47. The van der Waals surface area contributed by atoms with Crippen molar-refractivity contribution in [2.24, 2.45) is 5.92 Å². The first-order valence-corrected chi connectivity index (χ1v) is 10.6. The summed E-state index contributed by atoms with van der Waals surface area (Å²) in [6.45, 7) is 2.00. The molecule has 0 unspecified atom stereocenters. The molecule has 0 spiro atoms. The van der Waals surface area contributed by atoms with Crippen LogP contribution in [0.1, 0.15) is 17.2 Å². The van der Waals surface area contributed by atoms with Crippen LogP contribution in [0.15, 0.2) is 72.8 Å². The normalized spacial score (nSPS) is 22.9. The number of hydrogen-bond donors (Lipinski definition) is 0. The lowest BCUT2D eigenvalue weighted by atomic mass is 9.90. The minimum absolute atomic E-state index is 0.277. The van der Waals surface area contributed by atoms with Crippen molar-refractivity contribution in [1.82, 2.24) is 0 Å². The Labute approximate surface area is 189 Å². The highest BCUT2D eigenvalue weighted by atomic mass is 35.5. The van der Waals surface area contributed by atoms with Crippen molar-refractivity contribution in [2.75, 3.05) is 9.96 Å². The van der Waals surface area contributed by atoms with Crippen LogP contribution in [0.2, 0.25) is 10.0 Å². The average molecular weight is 453 g/mol. The lowest BCUT2D eigenvalue weighted by molar-refractivity contribution is -0.126. The van der Waals surface area contributed by atoms with E-state index in [1.54, 1.807) is 17.2 Å². The second-order valence-corrected chi connectivity index (χ2v) is 8.49. The van der Waals surface area contributed by atoms with E-state index in [-0.39, 0.29) is 10.9 Å². The van der Waals surface area contributed by atoms with Gasteiger partial charge in [0.05, 0.1) is 27.5 Å². The van der Waals surface area contributed by atoms with Crippen molar-refractivity contribution in [3.05, 3.63) is 94.0 Å².